The van der Waals surface area contributed by atoms with E-state index in [0.717, 1.165) is 25.2 Å². The zero-order valence-electron chi connectivity index (χ0n) is 12.8. The molecule has 0 bridgehead atoms. The summed E-state index contributed by atoms with van der Waals surface area (Å²) in [6.45, 7) is 4.78. The lowest BCUT2D eigenvalue weighted by molar-refractivity contribution is -0.122. The third kappa shape index (κ3) is 3.29. The molecule has 1 N–H and O–H groups in total. The normalized spacial score (nSPS) is 27.9. The fraction of sp³-hybridized carbons (Fsp3) is 0.588. The van der Waals surface area contributed by atoms with Crippen molar-refractivity contribution in [1.82, 2.24) is 10.2 Å². The Kier molecular flexibility index (Phi) is 4.43. The largest absolute Gasteiger partial charge is 0.355 e. The van der Waals surface area contributed by atoms with E-state index >= 15 is 0 Å². The molecule has 1 saturated carbocycles. The highest BCUT2D eigenvalue weighted by atomic mass is 19.1. The first-order valence-corrected chi connectivity index (χ1v) is 8.03. The Morgan fingerprint density at radius 1 is 1.41 bits per heavy atom. The Balaban J connectivity index is 1.47. The van der Waals surface area contributed by atoms with Crippen molar-refractivity contribution in [3.63, 3.8) is 0 Å². The molecule has 1 aliphatic carbocycles. The van der Waals surface area contributed by atoms with E-state index in [9.17, 15) is 13.6 Å². The first kappa shape index (κ1) is 15.4. The van der Waals surface area contributed by atoms with Crippen LogP contribution in [-0.2, 0) is 4.79 Å². The van der Waals surface area contributed by atoms with Crippen molar-refractivity contribution in [2.24, 2.45) is 5.92 Å². The summed E-state index contributed by atoms with van der Waals surface area (Å²) in [5.41, 5.74) is 0.327. The number of likely N-dealkylation sites (tertiary alicyclic amines) is 1. The van der Waals surface area contributed by atoms with Gasteiger partial charge in [-0.3, -0.25) is 9.69 Å². The molecular weight excluding hydrogens is 286 g/mol. The van der Waals surface area contributed by atoms with Gasteiger partial charge < -0.3 is 5.32 Å². The van der Waals surface area contributed by atoms with Crippen LogP contribution in [0.2, 0.25) is 0 Å². The molecule has 0 aromatic heterocycles. The molecule has 3 nitrogen and oxygen atoms in total. The summed E-state index contributed by atoms with van der Waals surface area (Å²) in [6.07, 6.45) is 3.04. The fourth-order valence-corrected chi connectivity index (χ4v) is 3.41. The number of nitrogens with zero attached hydrogens (tertiary/aromatic N) is 1. The summed E-state index contributed by atoms with van der Waals surface area (Å²) in [7, 11) is 0. The van der Waals surface area contributed by atoms with Crippen molar-refractivity contribution >= 4 is 5.91 Å². The lowest BCUT2D eigenvalue weighted by Crippen LogP contribution is -2.37. The van der Waals surface area contributed by atoms with Gasteiger partial charge in [0.2, 0.25) is 5.91 Å². The zero-order chi connectivity index (χ0) is 15.7. The lowest BCUT2D eigenvalue weighted by atomic mass is 10.1. The molecule has 0 spiro atoms. The summed E-state index contributed by atoms with van der Waals surface area (Å²) in [4.78, 5) is 14.5. The van der Waals surface area contributed by atoms with Gasteiger partial charge in [0.1, 0.15) is 11.6 Å². The van der Waals surface area contributed by atoms with E-state index in [1.54, 1.807) is 0 Å². The first-order chi connectivity index (χ1) is 10.6. The van der Waals surface area contributed by atoms with E-state index in [1.165, 1.54) is 18.9 Å². The second kappa shape index (κ2) is 6.32. The Hall–Kier alpha value is -1.49. The van der Waals surface area contributed by atoms with Gasteiger partial charge in [-0.25, -0.2) is 8.78 Å². The maximum Gasteiger partial charge on any atom is 0.223 e. The van der Waals surface area contributed by atoms with Crippen LogP contribution < -0.4 is 5.32 Å². The minimum Gasteiger partial charge on any atom is -0.355 e. The average molecular weight is 308 g/mol. The molecule has 1 heterocycles. The molecule has 1 aromatic carbocycles. The molecule has 1 amide bonds. The van der Waals surface area contributed by atoms with Crippen LogP contribution >= 0.6 is 0 Å². The summed E-state index contributed by atoms with van der Waals surface area (Å²) >= 11 is 0. The number of amides is 1. The predicted octanol–water partition coefficient (Wildman–Crippen LogP) is 2.67. The number of benzene rings is 1. The summed E-state index contributed by atoms with van der Waals surface area (Å²) < 4.78 is 26.9. The number of rotatable bonds is 5. The van der Waals surface area contributed by atoms with Crippen molar-refractivity contribution < 1.29 is 13.6 Å². The Morgan fingerprint density at radius 2 is 2.23 bits per heavy atom. The Bertz CT molecular complexity index is 564. The van der Waals surface area contributed by atoms with Crippen molar-refractivity contribution in [1.29, 1.82) is 0 Å². The van der Waals surface area contributed by atoms with Crippen LogP contribution in [0.5, 0.6) is 0 Å². The van der Waals surface area contributed by atoms with Gasteiger partial charge in [-0.05, 0) is 62.4 Å². The van der Waals surface area contributed by atoms with Gasteiger partial charge in [-0.15, -0.1) is 0 Å². The zero-order valence-corrected chi connectivity index (χ0v) is 12.8. The standard InChI is InChI=1S/C17H22F2N2O/c1-11-3-2-7-21(11)8-6-20-17(22)15-10-13(15)14-9-12(18)4-5-16(14)19/h4-5,9,11,13,15H,2-3,6-8,10H2,1H3,(H,20,22)/t11-,13-,15+/m1/s1. The molecule has 3 rings (SSSR count). The molecule has 0 unspecified atom stereocenters. The molecule has 2 fully saturated rings. The molecule has 120 valence electrons. The Morgan fingerprint density at radius 3 is 2.95 bits per heavy atom. The molecule has 1 aliphatic heterocycles. The van der Waals surface area contributed by atoms with E-state index in [4.69, 9.17) is 0 Å². The van der Waals surface area contributed by atoms with Crippen LogP contribution in [0.1, 0.15) is 37.7 Å². The SMILES string of the molecule is C[C@@H]1CCCN1CCNC(=O)[C@H]1C[C@@H]1c1cc(F)ccc1F. The topological polar surface area (TPSA) is 32.3 Å². The van der Waals surface area contributed by atoms with Gasteiger partial charge in [0.05, 0.1) is 0 Å². The van der Waals surface area contributed by atoms with Crippen molar-refractivity contribution in [2.45, 2.75) is 38.1 Å². The van der Waals surface area contributed by atoms with Gasteiger partial charge in [0, 0.05) is 25.0 Å². The van der Waals surface area contributed by atoms with E-state index in [2.05, 4.69) is 17.1 Å². The molecule has 22 heavy (non-hydrogen) atoms. The van der Waals surface area contributed by atoms with Crippen LogP contribution in [0.15, 0.2) is 18.2 Å². The number of nitrogens with one attached hydrogen (secondary N) is 1. The molecular formula is C17H22F2N2O. The van der Waals surface area contributed by atoms with Gasteiger partial charge >= 0.3 is 0 Å². The molecule has 2 aliphatic rings. The predicted molar refractivity (Wildman–Crippen MR) is 80.5 cm³/mol. The molecule has 1 saturated heterocycles. The van der Waals surface area contributed by atoms with Crippen molar-refractivity contribution in [3.05, 3.63) is 35.4 Å². The van der Waals surface area contributed by atoms with E-state index in [1.807, 2.05) is 0 Å². The van der Waals surface area contributed by atoms with Crippen LogP contribution in [-0.4, -0.2) is 36.5 Å². The monoisotopic (exact) mass is 308 g/mol. The van der Waals surface area contributed by atoms with E-state index < -0.39 is 11.6 Å². The minimum atomic E-state index is -0.453. The van der Waals surface area contributed by atoms with Crippen LogP contribution in [0, 0.1) is 17.6 Å². The fourth-order valence-electron chi connectivity index (χ4n) is 3.41. The lowest BCUT2D eigenvalue weighted by Gasteiger charge is -2.20. The van der Waals surface area contributed by atoms with Gasteiger partial charge in [-0.2, -0.15) is 0 Å². The Labute approximate surface area is 129 Å². The second-order valence-corrected chi connectivity index (χ2v) is 6.43. The number of carbonyl (C=O) groups excluding carboxylic acids is 1. The maximum atomic E-state index is 13.7. The second-order valence-electron chi connectivity index (χ2n) is 6.43. The van der Waals surface area contributed by atoms with Crippen molar-refractivity contribution in [3.8, 4) is 0 Å². The highest BCUT2D eigenvalue weighted by Crippen LogP contribution is 2.48. The third-order valence-corrected chi connectivity index (χ3v) is 4.87. The van der Waals surface area contributed by atoms with Gasteiger partial charge in [0.25, 0.3) is 0 Å². The summed E-state index contributed by atoms with van der Waals surface area (Å²) in [6, 6.07) is 4.03. The average Bonchev–Trinajstić information content (AvgIpc) is 3.19. The van der Waals surface area contributed by atoms with Crippen molar-refractivity contribution in [2.75, 3.05) is 19.6 Å². The molecule has 1 aromatic rings. The van der Waals surface area contributed by atoms with E-state index in [-0.39, 0.29) is 17.7 Å². The van der Waals surface area contributed by atoms with Gasteiger partial charge in [-0.1, -0.05) is 0 Å². The number of hydrogen-bond acceptors (Lipinski definition) is 2. The highest BCUT2D eigenvalue weighted by Gasteiger charge is 2.45. The first-order valence-electron chi connectivity index (χ1n) is 8.03. The van der Waals surface area contributed by atoms with Crippen LogP contribution in [0.3, 0.4) is 0 Å². The summed E-state index contributed by atoms with van der Waals surface area (Å²) in [5, 5.41) is 2.93. The van der Waals surface area contributed by atoms with Crippen LogP contribution in [0.25, 0.3) is 0 Å². The number of hydrogen-bond donors (Lipinski definition) is 1. The number of halogens is 2. The number of carbonyl (C=O) groups is 1. The maximum absolute atomic E-state index is 13.7. The summed E-state index contributed by atoms with van der Waals surface area (Å²) in [5.74, 6) is -1.31. The molecule has 3 atom stereocenters. The minimum absolute atomic E-state index is 0.0412. The van der Waals surface area contributed by atoms with Gasteiger partial charge in [0.15, 0.2) is 0 Å². The van der Waals surface area contributed by atoms with Crippen LogP contribution in [0.4, 0.5) is 8.78 Å². The molecule has 0 radical (unpaired) electrons. The molecule has 5 heteroatoms. The third-order valence-electron chi connectivity index (χ3n) is 4.87. The van der Waals surface area contributed by atoms with E-state index in [0.29, 0.717) is 24.6 Å². The quantitative estimate of drug-likeness (QED) is 0.907. The highest BCUT2D eigenvalue weighted by molar-refractivity contribution is 5.82. The smallest absolute Gasteiger partial charge is 0.223 e.